The number of fused-ring (bicyclic) bond motifs is 1. The number of benzene rings is 1. The number of nitrogen functional groups attached to an aromatic ring is 1. The SMILES string of the molecule is CCOC(=O)Nc1cc2nnc(-c3ccccc3)nc2c(N)n1.Cl. The van der Waals surface area contributed by atoms with E-state index in [4.69, 9.17) is 10.5 Å². The van der Waals surface area contributed by atoms with Gasteiger partial charge < -0.3 is 10.5 Å². The lowest BCUT2D eigenvalue weighted by molar-refractivity contribution is 0.168. The summed E-state index contributed by atoms with van der Waals surface area (Å²) in [4.78, 5) is 19.9. The van der Waals surface area contributed by atoms with Gasteiger partial charge in [-0.05, 0) is 6.92 Å². The van der Waals surface area contributed by atoms with E-state index in [-0.39, 0.29) is 30.6 Å². The van der Waals surface area contributed by atoms with Gasteiger partial charge in [-0.25, -0.2) is 14.8 Å². The molecule has 1 amide bonds. The molecule has 0 bridgehead atoms. The summed E-state index contributed by atoms with van der Waals surface area (Å²) in [6.07, 6.45) is -0.611. The van der Waals surface area contributed by atoms with Crippen LogP contribution >= 0.6 is 12.4 Å². The average molecular weight is 347 g/mol. The van der Waals surface area contributed by atoms with Crippen LogP contribution in [0.5, 0.6) is 0 Å². The van der Waals surface area contributed by atoms with Crippen LogP contribution in [0.2, 0.25) is 0 Å². The number of rotatable bonds is 3. The summed E-state index contributed by atoms with van der Waals surface area (Å²) in [5.41, 5.74) is 7.61. The number of ether oxygens (including phenoxy) is 1. The third kappa shape index (κ3) is 3.66. The van der Waals surface area contributed by atoms with Crippen molar-refractivity contribution in [2.75, 3.05) is 17.7 Å². The Balaban J connectivity index is 0.00000208. The molecule has 8 nitrogen and oxygen atoms in total. The summed E-state index contributed by atoms with van der Waals surface area (Å²) >= 11 is 0. The molecule has 1 aromatic carbocycles. The fourth-order valence-corrected chi connectivity index (χ4v) is 2.01. The van der Waals surface area contributed by atoms with Crippen molar-refractivity contribution in [2.24, 2.45) is 0 Å². The smallest absolute Gasteiger partial charge is 0.412 e. The van der Waals surface area contributed by atoms with E-state index in [1.165, 1.54) is 6.07 Å². The number of hydrogen-bond donors (Lipinski definition) is 2. The second-order valence-electron chi connectivity index (χ2n) is 4.61. The minimum atomic E-state index is -0.611. The molecular formula is C15H15ClN6O2. The van der Waals surface area contributed by atoms with Crippen LogP contribution in [0.4, 0.5) is 16.4 Å². The van der Waals surface area contributed by atoms with Gasteiger partial charge in [0.1, 0.15) is 16.9 Å². The van der Waals surface area contributed by atoms with Crippen molar-refractivity contribution in [1.82, 2.24) is 20.2 Å². The van der Waals surface area contributed by atoms with Crippen LogP contribution in [-0.4, -0.2) is 32.9 Å². The predicted molar refractivity (Wildman–Crippen MR) is 92.9 cm³/mol. The predicted octanol–water partition coefficient (Wildman–Crippen LogP) is 2.66. The number of amides is 1. The third-order valence-electron chi connectivity index (χ3n) is 3.01. The second kappa shape index (κ2) is 7.51. The summed E-state index contributed by atoms with van der Waals surface area (Å²) in [5.74, 6) is 0.844. The number of nitrogens with two attached hydrogens (primary N) is 1. The molecule has 0 aliphatic carbocycles. The van der Waals surface area contributed by atoms with Crippen LogP contribution in [-0.2, 0) is 4.74 Å². The van der Waals surface area contributed by atoms with Gasteiger partial charge in [0.25, 0.3) is 0 Å². The van der Waals surface area contributed by atoms with Crippen molar-refractivity contribution in [1.29, 1.82) is 0 Å². The molecule has 0 spiro atoms. The average Bonchev–Trinajstić information content (AvgIpc) is 2.55. The highest BCUT2D eigenvalue weighted by Crippen LogP contribution is 2.22. The fraction of sp³-hybridized carbons (Fsp3) is 0.133. The highest BCUT2D eigenvalue weighted by atomic mass is 35.5. The van der Waals surface area contributed by atoms with Crippen molar-refractivity contribution in [3.63, 3.8) is 0 Å². The zero-order valence-electron chi connectivity index (χ0n) is 12.8. The summed E-state index contributed by atoms with van der Waals surface area (Å²) < 4.78 is 4.79. The Morgan fingerprint density at radius 1 is 1.21 bits per heavy atom. The van der Waals surface area contributed by atoms with E-state index in [9.17, 15) is 4.79 Å². The molecule has 2 aromatic heterocycles. The van der Waals surface area contributed by atoms with Gasteiger partial charge >= 0.3 is 6.09 Å². The number of aromatic nitrogens is 4. The monoisotopic (exact) mass is 346 g/mol. The first-order valence-electron chi connectivity index (χ1n) is 6.97. The Hall–Kier alpha value is -3.00. The molecule has 3 rings (SSSR count). The topological polar surface area (TPSA) is 116 Å². The number of nitrogens with one attached hydrogen (secondary N) is 1. The molecule has 124 valence electrons. The van der Waals surface area contributed by atoms with Gasteiger partial charge in [-0.15, -0.1) is 22.6 Å². The number of nitrogens with zero attached hydrogens (tertiary/aromatic N) is 4. The minimum Gasteiger partial charge on any atom is -0.450 e. The number of carbonyl (C=O) groups excluding carboxylic acids is 1. The van der Waals surface area contributed by atoms with E-state index >= 15 is 0 Å². The number of pyridine rings is 1. The molecule has 0 radical (unpaired) electrons. The molecule has 0 unspecified atom stereocenters. The van der Waals surface area contributed by atoms with Crippen molar-refractivity contribution in [2.45, 2.75) is 6.92 Å². The molecule has 0 aliphatic heterocycles. The standard InChI is InChI=1S/C15H14N6O2.ClH/c1-2-23-15(22)18-11-8-10-12(13(16)17-11)19-14(21-20-10)9-6-4-3-5-7-9;/h3-8H,2H2,1H3,(H3,16,17,18,22);1H. The molecule has 0 saturated heterocycles. The molecule has 2 heterocycles. The quantitative estimate of drug-likeness (QED) is 0.748. The lowest BCUT2D eigenvalue weighted by atomic mass is 10.2. The van der Waals surface area contributed by atoms with Crippen molar-refractivity contribution in [3.05, 3.63) is 36.4 Å². The maximum absolute atomic E-state index is 11.4. The van der Waals surface area contributed by atoms with Gasteiger partial charge in [-0.2, -0.15) is 0 Å². The Morgan fingerprint density at radius 2 is 1.96 bits per heavy atom. The molecule has 0 fully saturated rings. The lowest BCUT2D eigenvalue weighted by Gasteiger charge is -2.07. The van der Waals surface area contributed by atoms with Crippen LogP contribution in [0, 0.1) is 0 Å². The number of halogens is 1. The molecule has 0 atom stereocenters. The van der Waals surface area contributed by atoms with Crippen LogP contribution < -0.4 is 11.1 Å². The van der Waals surface area contributed by atoms with E-state index in [2.05, 4.69) is 25.5 Å². The largest absolute Gasteiger partial charge is 0.450 e. The maximum Gasteiger partial charge on any atom is 0.412 e. The first-order valence-corrected chi connectivity index (χ1v) is 6.97. The van der Waals surface area contributed by atoms with Gasteiger partial charge in [0.05, 0.1) is 6.61 Å². The molecule has 0 saturated carbocycles. The number of anilines is 2. The molecule has 0 aliphatic rings. The maximum atomic E-state index is 11.4. The van der Waals surface area contributed by atoms with E-state index in [1.807, 2.05) is 30.3 Å². The molecule has 24 heavy (non-hydrogen) atoms. The van der Waals surface area contributed by atoms with Gasteiger partial charge in [0.2, 0.25) is 0 Å². The Kier molecular flexibility index (Phi) is 5.43. The summed E-state index contributed by atoms with van der Waals surface area (Å²) in [5, 5.41) is 10.7. The first-order chi connectivity index (χ1) is 11.2. The van der Waals surface area contributed by atoms with Crippen LogP contribution in [0.1, 0.15) is 6.92 Å². The van der Waals surface area contributed by atoms with Crippen molar-refractivity contribution < 1.29 is 9.53 Å². The van der Waals surface area contributed by atoms with Gasteiger partial charge in [0, 0.05) is 11.6 Å². The van der Waals surface area contributed by atoms with Gasteiger partial charge in [0.15, 0.2) is 11.6 Å². The molecule has 3 N–H and O–H groups in total. The van der Waals surface area contributed by atoms with E-state index in [0.717, 1.165) is 5.56 Å². The van der Waals surface area contributed by atoms with E-state index < -0.39 is 6.09 Å². The zero-order chi connectivity index (χ0) is 16.2. The highest BCUT2D eigenvalue weighted by Gasteiger charge is 2.11. The Labute approximate surface area is 143 Å². The molecular weight excluding hydrogens is 332 g/mol. The van der Waals surface area contributed by atoms with Crippen molar-refractivity contribution in [3.8, 4) is 11.4 Å². The van der Waals surface area contributed by atoms with Crippen molar-refractivity contribution >= 4 is 41.2 Å². The highest BCUT2D eigenvalue weighted by molar-refractivity contribution is 5.91. The van der Waals surface area contributed by atoms with E-state index in [0.29, 0.717) is 16.9 Å². The van der Waals surface area contributed by atoms with Gasteiger partial charge in [-0.3, -0.25) is 5.32 Å². The Morgan fingerprint density at radius 3 is 2.67 bits per heavy atom. The fourth-order valence-electron chi connectivity index (χ4n) is 2.01. The minimum absolute atomic E-state index is 0. The summed E-state index contributed by atoms with van der Waals surface area (Å²) in [6.45, 7) is 1.97. The van der Waals surface area contributed by atoms with Crippen LogP contribution in [0.15, 0.2) is 36.4 Å². The van der Waals surface area contributed by atoms with Crippen LogP contribution in [0.3, 0.4) is 0 Å². The second-order valence-corrected chi connectivity index (χ2v) is 4.61. The van der Waals surface area contributed by atoms with Gasteiger partial charge in [-0.1, -0.05) is 30.3 Å². The Bertz CT molecular complexity index is 859. The normalized spacial score (nSPS) is 10.0. The summed E-state index contributed by atoms with van der Waals surface area (Å²) in [7, 11) is 0. The number of carbonyl (C=O) groups is 1. The van der Waals surface area contributed by atoms with Crippen LogP contribution in [0.25, 0.3) is 22.4 Å². The first kappa shape index (κ1) is 17.4. The lowest BCUT2D eigenvalue weighted by Crippen LogP contribution is -2.15. The molecule has 3 aromatic rings. The van der Waals surface area contributed by atoms with E-state index in [1.54, 1.807) is 6.92 Å². The summed E-state index contributed by atoms with van der Waals surface area (Å²) in [6, 6.07) is 11.0. The molecule has 9 heteroatoms. The number of hydrogen-bond acceptors (Lipinski definition) is 7. The zero-order valence-corrected chi connectivity index (χ0v) is 13.6. The third-order valence-corrected chi connectivity index (χ3v) is 3.01.